The number of rotatable bonds is 3. The molecule has 0 aliphatic carbocycles. The molecule has 1 rings (SSSR count). The molecule has 0 bridgehead atoms. The zero-order valence-corrected chi connectivity index (χ0v) is 9.80. The maximum absolute atomic E-state index is 10.8. The van der Waals surface area contributed by atoms with Crippen molar-refractivity contribution in [3.63, 3.8) is 0 Å². The summed E-state index contributed by atoms with van der Waals surface area (Å²) in [4.78, 5) is 10.7. The average molecular weight is 226 g/mol. The minimum Gasteiger partial charge on any atom is -0.426 e. The topological polar surface area (TPSA) is 46.5 Å². The molecule has 0 spiro atoms. The summed E-state index contributed by atoms with van der Waals surface area (Å²) in [6, 6.07) is 7.13. The van der Waals surface area contributed by atoms with Crippen LogP contribution in [0.4, 0.5) is 0 Å². The fraction of sp³-hybridized carbons (Fsp3) is 0.364. The SMILES string of the molecule is CC(=O)Oc1ccccc1SC(C)(C)O. The molecule has 1 N–H and O–H groups in total. The maximum atomic E-state index is 10.8. The van der Waals surface area contributed by atoms with Crippen LogP contribution >= 0.6 is 11.8 Å². The summed E-state index contributed by atoms with van der Waals surface area (Å²) in [7, 11) is 0. The van der Waals surface area contributed by atoms with Crippen molar-refractivity contribution in [1.82, 2.24) is 0 Å². The van der Waals surface area contributed by atoms with E-state index >= 15 is 0 Å². The Balaban J connectivity index is 2.91. The third kappa shape index (κ3) is 4.36. The molecule has 0 atom stereocenters. The summed E-state index contributed by atoms with van der Waals surface area (Å²) in [5, 5.41) is 9.65. The van der Waals surface area contributed by atoms with Crippen molar-refractivity contribution in [2.45, 2.75) is 30.6 Å². The molecule has 1 aromatic carbocycles. The van der Waals surface area contributed by atoms with Gasteiger partial charge in [0, 0.05) is 6.92 Å². The molecule has 0 aliphatic rings. The highest BCUT2D eigenvalue weighted by molar-refractivity contribution is 8.00. The van der Waals surface area contributed by atoms with Gasteiger partial charge < -0.3 is 9.84 Å². The van der Waals surface area contributed by atoms with Crippen molar-refractivity contribution in [3.8, 4) is 5.75 Å². The van der Waals surface area contributed by atoms with Crippen LogP contribution in [0.1, 0.15) is 20.8 Å². The van der Waals surface area contributed by atoms with Gasteiger partial charge in [0.2, 0.25) is 0 Å². The lowest BCUT2D eigenvalue weighted by Crippen LogP contribution is -2.12. The molecule has 0 unspecified atom stereocenters. The molecule has 0 fully saturated rings. The maximum Gasteiger partial charge on any atom is 0.308 e. The van der Waals surface area contributed by atoms with E-state index in [2.05, 4.69) is 0 Å². The number of aliphatic hydroxyl groups is 1. The van der Waals surface area contributed by atoms with Crippen LogP contribution in [0.15, 0.2) is 29.2 Å². The smallest absolute Gasteiger partial charge is 0.308 e. The Labute approximate surface area is 93.4 Å². The number of esters is 1. The first-order valence-electron chi connectivity index (χ1n) is 4.57. The van der Waals surface area contributed by atoms with E-state index in [1.807, 2.05) is 6.07 Å². The zero-order chi connectivity index (χ0) is 11.5. The number of carbonyl (C=O) groups is 1. The van der Waals surface area contributed by atoms with Crippen molar-refractivity contribution >= 4 is 17.7 Å². The van der Waals surface area contributed by atoms with Gasteiger partial charge in [-0.1, -0.05) is 23.9 Å². The predicted octanol–water partition coefficient (Wildman–Crippen LogP) is 2.43. The van der Waals surface area contributed by atoms with E-state index in [0.717, 1.165) is 4.90 Å². The van der Waals surface area contributed by atoms with E-state index in [0.29, 0.717) is 5.75 Å². The molecular weight excluding hydrogens is 212 g/mol. The van der Waals surface area contributed by atoms with Crippen LogP contribution in [0, 0.1) is 0 Å². The lowest BCUT2D eigenvalue weighted by Gasteiger charge is -2.17. The highest BCUT2D eigenvalue weighted by atomic mass is 32.2. The van der Waals surface area contributed by atoms with Crippen molar-refractivity contribution in [2.75, 3.05) is 0 Å². The zero-order valence-electron chi connectivity index (χ0n) is 8.98. The molecule has 0 amide bonds. The average Bonchev–Trinajstić information content (AvgIpc) is 2.05. The number of ether oxygens (including phenoxy) is 1. The van der Waals surface area contributed by atoms with Gasteiger partial charge in [-0.25, -0.2) is 0 Å². The van der Waals surface area contributed by atoms with E-state index < -0.39 is 4.93 Å². The monoisotopic (exact) mass is 226 g/mol. The first kappa shape index (κ1) is 12.1. The molecule has 0 heterocycles. The number of hydrogen-bond donors (Lipinski definition) is 1. The second-order valence-corrected chi connectivity index (χ2v) is 5.23. The van der Waals surface area contributed by atoms with Crippen LogP contribution in [0.2, 0.25) is 0 Å². The van der Waals surface area contributed by atoms with Crippen LogP contribution in [-0.4, -0.2) is 16.0 Å². The van der Waals surface area contributed by atoms with Gasteiger partial charge in [0.25, 0.3) is 0 Å². The Morgan fingerprint density at radius 1 is 1.40 bits per heavy atom. The van der Waals surface area contributed by atoms with Gasteiger partial charge in [0.1, 0.15) is 10.7 Å². The van der Waals surface area contributed by atoms with E-state index in [-0.39, 0.29) is 5.97 Å². The number of para-hydroxylation sites is 1. The molecule has 0 aliphatic heterocycles. The van der Waals surface area contributed by atoms with Crippen LogP contribution in [0.25, 0.3) is 0 Å². The third-order valence-electron chi connectivity index (χ3n) is 1.46. The van der Waals surface area contributed by atoms with Gasteiger partial charge >= 0.3 is 5.97 Å². The quantitative estimate of drug-likeness (QED) is 0.372. The second kappa shape index (κ2) is 4.68. The molecule has 82 valence electrons. The Hall–Kier alpha value is -1.00. The Morgan fingerprint density at radius 2 is 2.00 bits per heavy atom. The standard InChI is InChI=1S/C11H14O3S/c1-8(12)14-9-6-4-5-7-10(9)15-11(2,3)13/h4-7,13H,1-3H3. The number of hydrogen-bond acceptors (Lipinski definition) is 4. The Bertz CT molecular complexity index is 355. The molecule has 0 saturated heterocycles. The van der Waals surface area contributed by atoms with E-state index in [1.165, 1.54) is 18.7 Å². The molecule has 0 radical (unpaired) electrons. The molecule has 4 heteroatoms. The molecule has 3 nitrogen and oxygen atoms in total. The number of benzene rings is 1. The summed E-state index contributed by atoms with van der Waals surface area (Å²) >= 11 is 1.25. The fourth-order valence-corrected chi connectivity index (χ4v) is 1.94. The summed E-state index contributed by atoms with van der Waals surface area (Å²) in [6.07, 6.45) is 0. The normalized spacial score (nSPS) is 11.2. The Kier molecular flexibility index (Phi) is 3.77. The fourth-order valence-electron chi connectivity index (χ4n) is 1.04. The van der Waals surface area contributed by atoms with Crippen LogP contribution in [0.3, 0.4) is 0 Å². The van der Waals surface area contributed by atoms with Gasteiger partial charge in [-0.15, -0.1) is 0 Å². The largest absolute Gasteiger partial charge is 0.426 e. The third-order valence-corrected chi connectivity index (χ3v) is 2.52. The van der Waals surface area contributed by atoms with E-state index in [4.69, 9.17) is 4.74 Å². The second-order valence-electron chi connectivity index (χ2n) is 3.59. The molecule has 0 aromatic heterocycles. The van der Waals surface area contributed by atoms with E-state index in [9.17, 15) is 9.90 Å². The van der Waals surface area contributed by atoms with Crippen molar-refractivity contribution < 1.29 is 14.6 Å². The van der Waals surface area contributed by atoms with Crippen molar-refractivity contribution in [3.05, 3.63) is 24.3 Å². The summed E-state index contributed by atoms with van der Waals surface area (Å²) in [5.74, 6) is 0.121. The molecule has 15 heavy (non-hydrogen) atoms. The highest BCUT2D eigenvalue weighted by Crippen LogP contribution is 2.36. The van der Waals surface area contributed by atoms with Crippen LogP contribution in [0.5, 0.6) is 5.75 Å². The summed E-state index contributed by atoms with van der Waals surface area (Å²) in [5.41, 5.74) is 0. The van der Waals surface area contributed by atoms with Gasteiger partial charge in [-0.2, -0.15) is 0 Å². The number of thioether (sulfide) groups is 1. The van der Waals surface area contributed by atoms with Gasteiger partial charge in [0.15, 0.2) is 0 Å². The van der Waals surface area contributed by atoms with Crippen LogP contribution in [-0.2, 0) is 4.79 Å². The molecule has 0 saturated carbocycles. The minimum atomic E-state index is -0.893. The van der Waals surface area contributed by atoms with Gasteiger partial charge in [0.05, 0.1) is 4.90 Å². The first-order chi connectivity index (χ1) is 6.88. The highest BCUT2D eigenvalue weighted by Gasteiger charge is 2.17. The predicted molar refractivity (Wildman–Crippen MR) is 59.9 cm³/mol. The lowest BCUT2D eigenvalue weighted by molar-refractivity contribution is -0.132. The summed E-state index contributed by atoms with van der Waals surface area (Å²) in [6.45, 7) is 4.72. The van der Waals surface area contributed by atoms with Gasteiger partial charge in [-0.05, 0) is 26.0 Å². The molecule has 1 aromatic rings. The van der Waals surface area contributed by atoms with Crippen LogP contribution < -0.4 is 4.74 Å². The van der Waals surface area contributed by atoms with E-state index in [1.54, 1.807) is 32.0 Å². The first-order valence-corrected chi connectivity index (χ1v) is 5.39. The van der Waals surface area contributed by atoms with Crippen molar-refractivity contribution in [1.29, 1.82) is 0 Å². The molecular formula is C11H14O3S. The lowest BCUT2D eigenvalue weighted by atomic mass is 10.3. The van der Waals surface area contributed by atoms with Crippen molar-refractivity contribution in [2.24, 2.45) is 0 Å². The van der Waals surface area contributed by atoms with Gasteiger partial charge in [-0.3, -0.25) is 4.79 Å². The number of carbonyl (C=O) groups excluding carboxylic acids is 1. The minimum absolute atomic E-state index is 0.362. The Morgan fingerprint density at radius 3 is 2.53 bits per heavy atom. The summed E-state index contributed by atoms with van der Waals surface area (Å²) < 4.78 is 5.02.